The van der Waals surface area contributed by atoms with Gasteiger partial charge in [0.05, 0.1) is 16.5 Å². The summed E-state index contributed by atoms with van der Waals surface area (Å²) < 4.78 is 194. The van der Waals surface area contributed by atoms with Gasteiger partial charge in [-0.2, -0.15) is 0 Å². The predicted octanol–water partition coefficient (Wildman–Crippen LogP) is 11.6. The average molecular weight is 686 g/mol. The van der Waals surface area contributed by atoms with Crippen LogP contribution in [0.4, 0.5) is 68.5 Å². The van der Waals surface area contributed by atoms with Crippen LogP contribution in [0.25, 0.3) is 21.9 Å². The molecular weight excluding hydrogens is 661 g/mol. The molecule has 0 saturated heterocycles. The second-order valence-electron chi connectivity index (χ2n) is 10.7. The lowest BCUT2D eigenvalue weighted by Gasteiger charge is -2.45. The minimum Gasteiger partial charge on any atom is -0.363 e. The highest BCUT2D eigenvalue weighted by molar-refractivity contribution is 6.84. The highest BCUT2D eigenvalue weighted by atomic mass is 28.3. The summed E-state index contributed by atoms with van der Waals surface area (Å²) in [7, 11) is -3.60. The maximum atomic E-state index is 16.2. The van der Waals surface area contributed by atoms with Crippen molar-refractivity contribution in [2.75, 3.05) is 4.57 Å². The lowest BCUT2D eigenvalue weighted by atomic mass is 10.00. The van der Waals surface area contributed by atoms with Gasteiger partial charge in [0.15, 0.2) is 72.2 Å². The van der Waals surface area contributed by atoms with E-state index in [1.807, 2.05) is 0 Å². The zero-order valence-electron chi connectivity index (χ0n) is 24.3. The second kappa shape index (κ2) is 13.2. The van der Waals surface area contributed by atoms with E-state index >= 15 is 17.6 Å². The van der Waals surface area contributed by atoms with Crippen LogP contribution in [0.15, 0.2) is 18.2 Å². The van der Waals surface area contributed by atoms with Gasteiger partial charge in [-0.25, -0.2) is 57.1 Å². The summed E-state index contributed by atoms with van der Waals surface area (Å²) in [5.41, 5.74) is -6.66. The van der Waals surface area contributed by atoms with Gasteiger partial charge in [0.2, 0.25) is 5.82 Å². The van der Waals surface area contributed by atoms with Gasteiger partial charge in [0.1, 0.15) is 11.5 Å². The Kier molecular flexibility index (Phi) is 10.0. The Hall–Kier alpha value is -3.75. The van der Waals surface area contributed by atoms with Gasteiger partial charge in [-0.05, 0) is 36.3 Å². The summed E-state index contributed by atoms with van der Waals surface area (Å²) in [5, 5.41) is -1.91. The van der Waals surface area contributed by atoms with Gasteiger partial charge in [-0.15, -0.1) is 0 Å². The van der Waals surface area contributed by atoms with E-state index in [0.717, 1.165) is 10.6 Å². The number of benzene rings is 4. The Bertz CT molecular complexity index is 1770. The molecule has 4 aromatic carbocycles. The molecule has 0 aliphatic carbocycles. The van der Waals surface area contributed by atoms with E-state index in [4.69, 9.17) is 0 Å². The standard InChI is InChI=1S/C31H24F13NSi/c1-4-9-46(10-5-2,11-6-3)45(16-8-7-14(32)17-13(16)12-15(33)20(34)21(17)35)31-29(43)24(38)19(25(39)30(31)44)18-22(36)26(40)28(42)27(41)23(18)37/h7-8,12H,4-6,9-11H2,1-3H3. The van der Waals surface area contributed by atoms with Gasteiger partial charge < -0.3 is 4.57 Å². The predicted molar refractivity (Wildman–Crippen MR) is 148 cm³/mol. The van der Waals surface area contributed by atoms with Crippen molar-refractivity contribution in [3.05, 3.63) is 93.8 Å². The normalized spacial score (nSPS) is 12.0. The Balaban J connectivity index is 2.24. The first-order valence-electron chi connectivity index (χ1n) is 14.0. The molecule has 0 bridgehead atoms. The summed E-state index contributed by atoms with van der Waals surface area (Å²) in [6.45, 7) is 5.01. The molecule has 248 valence electrons. The monoisotopic (exact) mass is 685 g/mol. The van der Waals surface area contributed by atoms with E-state index in [9.17, 15) is 39.5 Å². The van der Waals surface area contributed by atoms with Crippen LogP contribution in [-0.4, -0.2) is 8.24 Å². The smallest absolute Gasteiger partial charge is 0.200 e. The van der Waals surface area contributed by atoms with Gasteiger partial charge in [0.25, 0.3) is 0 Å². The first kappa shape index (κ1) is 35.1. The number of rotatable bonds is 10. The molecule has 0 heterocycles. The van der Waals surface area contributed by atoms with Crippen LogP contribution in [0.3, 0.4) is 0 Å². The second-order valence-corrected chi connectivity index (χ2v) is 15.1. The summed E-state index contributed by atoms with van der Waals surface area (Å²) in [4.78, 5) is 0. The Labute approximate surface area is 255 Å². The Morgan fingerprint density at radius 3 is 1.33 bits per heavy atom. The van der Waals surface area contributed by atoms with Crippen molar-refractivity contribution in [3.63, 3.8) is 0 Å². The summed E-state index contributed by atoms with van der Waals surface area (Å²) in [6.07, 6.45) is 0.905. The molecule has 0 aliphatic rings. The molecule has 0 radical (unpaired) electrons. The average Bonchev–Trinajstić information content (AvgIpc) is 3.01. The molecular formula is C31H24F13NSi. The number of anilines is 2. The summed E-state index contributed by atoms with van der Waals surface area (Å²) >= 11 is 0. The third-order valence-corrected chi connectivity index (χ3v) is 13.6. The fourth-order valence-electron chi connectivity index (χ4n) is 6.13. The molecule has 0 saturated carbocycles. The maximum absolute atomic E-state index is 16.2. The van der Waals surface area contributed by atoms with Crippen molar-refractivity contribution in [2.45, 2.75) is 58.2 Å². The van der Waals surface area contributed by atoms with E-state index in [-0.39, 0.29) is 18.1 Å². The lowest BCUT2D eigenvalue weighted by molar-refractivity contribution is 0.379. The van der Waals surface area contributed by atoms with Crippen molar-refractivity contribution in [1.29, 1.82) is 0 Å². The van der Waals surface area contributed by atoms with Crippen molar-refractivity contribution >= 4 is 30.4 Å². The first-order chi connectivity index (χ1) is 21.6. The topological polar surface area (TPSA) is 3.24 Å². The van der Waals surface area contributed by atoms with E-state index in [0.29, 0.717) is 31.4 Å². The maximum Gasteiger partial charge on any atom is 0.200 e. The molecule has 46 heavy (non-hydrogen) atoms. The SMILES string of the molecule is CCC[Si](CCC)(CCC)N(c1c(F)c(F)c(-c2c(F)c(F)c(F)c(F)c2F)c(F)c1F)c1ccc(F)c2c(F)c(F)c(F)cc12. The molecule has 1 nitrogen and oxygen atoms in total. The van der Waals surface area contributed by atoms with E-state index < -0.39 is 117 Å². The number of nitrogens with zero attached hydrogens (tertiary/aromatic N) is 1. The highest BCUT2D eigenvalue weighted by Gasteiger charge is 2.45. The molecule has 4 rings (SSSR count). The lowest BCUT2D eigenvalue weighted by Crippen LogP contribution is -2.52. The number of fused-ring (bicyclic) bond motifs is 1. The van der Waals surface area contributed by atoms with Crippen LogP contribution < -0.4 is 4.57 Å². The molecule has 0 aromatic heterocycles. The van der Waals surface area contributed by atoms with Crippen LogP contribution in [-0.2, 0) is 0 Å². The van der Waals surface area contributed by atoms with E-state index in [1.165, 1.54) is 0 Å². The largest absolute Gasteiger partial charge is 0.363 e. The minimum atomic E-state index is -3.60. The third-order valence-electron chi connectivity index (χ3n) is 7.85. The molecule has 0 N–H and O–H groups in total. The first-order valence-corrected chi connectivity index (χ1v) is 16.6. The van der Waals surface area contributed by atoms with Gasteiger partial charge in [-0.1, -0.05) is 40.0 Å². The van der Waals surface area contributed by atoms with Gasteiger partial charge >= 0.3 is 0 Å². The number of hydrogen-bond donors (Lipinski definition) is 0. The van der Waals surface area contributed by atoms with Crippen molar-refractivity contribution in [2.24, 2.45) is 0 Å². The zero-order chi connectivity index (χ0) is 34.4. The van der Waals surface area contributed by atoms with Crippen LogP contribution in [0.1, 0.15) is 40.0 Å². The van der Waals surface area contributed by atoms with E-state index in [1.54, 1.807) is 20.8 Å². The van der Waals surface area contributed by atoms with Crippen molar-refractivity contribution in [1.82, 2.24) is 0 Å². The van der Waals surface area contributed by atoms with Crippen LogP contribution in [0.5, 0.6) is 0 Å². The van der Waals surface area contributed by atoms with Crippen LogP contribution in [0, 0.1) is 75.6 Å². The summed E-state index contributed by atoms with van der Waals surface area (Å²) in [6, 6.07) is 2.11. The Morgan fingerprint density at radius 1 is 0.478 bits per heavy atom. The molecule has 15 heteroatoms. The number of halogens is 13. The quantitative estimate of drug-likeness (QED) is 0.0695. The highest BCUT2D eigenvalue weighted by Crippen LogP contribution is 2.48. The zero-order valence-corrected chi connectivity index (χ0v) is 25.3. The van der Waals surface area contributed by atoms with Crippen LogP contribution >= 0.6 is 0 Å². The Morgan fingerprint density at radius 2 is 0.891 bits per heavy atom. The third kappa shape index (κ3) is 5.39. The molecule has 0 unspecified atom stereocenters. The molecule has 0 fully saturated rings. The minimum absolute atomic E-state index is 0.126. The molecule has 0 amide bonds. The fourth-order valence-corrected chi connectivity index (χ4v) is 11.7. The molecule has 0 atom stereocenters. The fraction of sp³-hybridized carbons (Fsp3) is 0.290. The van der Waals surface area contributed by atoms with E-state index in [2.05, 4.69) is 0 Å². The molecule has 4 aromatic rings. The summed E-state index contributed by atoms with van der Waals surface area (Å²) in [5.74, 6) is -30.7. The van der Waals surface area contributed by atoms with Crippen molar-refractivity contribution < 1.29 is 57.1 Å². The van der Waals surface area contributed by atoms with Gasteiger partial charge in [-0.3, -0.25) is 0 Å². The molecule has 0 aliphatic heterocycles. The van der Waals surface area contributed by atoms with Crippen molar-refractivity contribution in [3.8, 4) is 11.1 Å². The van der Waals surface area contributed by atoms with Crippen LogP contribution in [0.2, 0.25) is 18.1 Å². The van der Waals surface area contributed by atoms with Gasteiger partial charge in [0, 0.05) is 11.1 Å². The number of hydrogen-bond acceptors (Lipinski definition) is 1. The molecule has 0 spiro atoms.